The molecule has 6 rings (SSSR count). The maximum atomic E-state index is 13.4. The number of benzene rings is 2. The SMILES string of the molecule is COC(=O)N1C(=O)[C@H]2[C@H](CC=C3[C@H](c4ccc(O)c5ccccc45)C4=C(C[C@H]32)C(=O)C(Br)=CC4=O)C1=O. The van der Waals surface area contributed by atoms with Gasteiger partial charge in [-0.05, 0) is 51.7 Å². The number of carbonyl (C=O) groups excluding carboxylic acids is 5. The second kappa shape index (κ2) is 8.34. The minimum absolute atomic E-state index is 0.0811. The number of fused-ring (bicyclic) bond motifs is 4. The predicted octanol–water partition coefficient (Wildman–Crippen LogP) is 4.07. The fraction of sp³-hybridized carbons (Fsp3) is 0.250. The molecule has 0 saturated carbocycles. The highest BCUT2D eigenvalue weighted by atomic mass is 79.9. The van der Waals surface area contributed by atoms with Crippen LogP contribution in [0.15, 0.2) is 69.8 Å². The number of carbonyl (C=O) groups is 5. The molecule has 2 aromatic rings. The second-order valence-electron chi connectivity index (χ2n) is 9.60. The maximum Gasteiger partial charge on any atom is 0.423 e. The number of ether oxygens (including phenoxy) is 1. The van der Waals surface area contributed by atoms with Crippen LogP contribution in [0.1, 0.15) is 24.3 Å². The predicted molar refractivity (Wildman–Crippen MR) is 134 cm³/mol. The summed E-state index contributed by atoms with van der Waals surface area (Å²) in [4.78, 5) is 66.0. The minimum atomic E-state index is -1.03. The topological polar surface area (TPSA) is 118 Å². The molecule has 1 fully saturated rings. The zero-order valence-corrected chi connectivity index (χ0v) is 21.2. The van der Waals surface area contributed by atoms with Crippen LogP contribution in [0.4, 0.5) is 4.79 Å². The van der Waals surface area contributed by atoms with Crippen LogP contribution in [0.5, 0.6) is 5.75 Å². The molecular weight excluding hydrogens is 542 g/mol. The van der Waals surface area contributed by atoms with Crippen LogP contribution in [0.3, 0.4) is 0 Å². The summed E-state index contributed by atoms with van der Waals surface area (Å²) in [5.74, 6) is -4.69. The number of allylic oxidation sites excluding steroid dienone is 6. The van der Waals surface area contributed by atoms with Gasteiger partial charge in [0.2, 0.25) is 11.8 Å². The van der Waals surface area contributed by atoms with Gasteiger partial charge in [0, 0.05) is 28.5 Å². The standard InChI is InChI=1S/C28H20BrNO7/c1-37-28(36)30-26(34)16-7-6-15-17(23(16)27(30)35)10-18-24(21(32)11-19(29)25(18)33)22(15)14-8-9-20(31)13-5-3-2-4-12(13)14/h2-6,8-9,11,16-17,22-23,31H,7,10H2,1H3/t16-,17+,22-,23-/m0/s1. The van der Waals surface area contributed by atoms with Crippen molar-refractivity contribution in [1.82, 2.24) is 4.90 Å². The first-order valence-electron chi connectivity index (χ1n) is 11.8. The van der Waals surface area contributed by atoms with Crippen LogP contribution in [-0.4, -0.2) is 46.6 Å². The van der Waals surface area contributed by atoms with Gasteiger partial charge in [-0.25, -0.2) is 4.79 Å². The van der Waals surface area contributed by atoms with E-state index in [4.69, 9.17) is 0 Å². The third kappa shape index (κ3) is 3.23. The molecule has 0 aromatic heterocycles. The Kier molecular flexibility index (Phi) is 5.31. The van der Waals surface area contributed by atoms with E-state index in [0.717, 1.165) is 12.7 Å². The van der Waals surface area contributed by atoms with Gasteiger partial charge in [0.1, 0.15) is 5.75 Å². The minimum Gasteiger partial charge on any atom is -0.507 e. The number of Topliss-reactive ketones (excluding diaryl/α,β-unsaturated/α-hetero) is 1. The Balaban J connectivity index is 1.58. The van der Waals surface area contributed by atoms with Crippen molar-refractivity contribution in [2.45, 2.75) is 18.8 Å². The number of phenolic OH excluding ortho intramolecular Hbond substituents is 1. The molecule has 8 nitrogen and oxygen atoms in total. The molecule has 1 heterocycles. The van der Waals surface area contributed by atoms with E-state index in [1.807, 2.05) is 18.2 Å². The van der Waals surface area contributed by atoms with Gasteiger partial charge < -0.3 is 9.84 Å². The number of methoxy groups -OCH3 is 1. The summed E-state index contributed by atoms with van der Waals surface area (Å²) in [6.45, 7) is 0. The monoisotopic (exact) mass is 561 g/mol. The number of hydrogen-bond donors (Lipinski definition) is 1. The molecule has 4 aliphatic rings. The van der Waals surface area contributed by atoms with Gasteiger partial charge in [-0.2, -0.15) is 4.90 Å². The Hall–Kier alpha value is -3.85. The summed E-state index contributed by atoms with van der Waals surface area (Å²) in [6, 6.07) is 10.5. The summed E-state index contributed by atoms with van der Waals surface area (Å²) in [7, 11) is 1.11. The smallest absolute Gasteiger partial charge is 0.423 e. The van der Waals surface area contributed by atoms with Crippen molar-refractivity contribution in [3.05, 3.63) is 75.3 Å². The zero-order chi connectivity index (χ0) is 26.2. The number of nitrogens with zero attached hydrogens (tertiary/aromatic N) is 1. The van der Waals surface area contributed by atoms with E-state index >= 15 is 0 Å². The highest BCUT2D eigenvalue weighted by molar-refractivity contribution is 9.12. The van der Waals surface area contributed by atoms with Gasteiger partial charge in [0.05, 0.1) is 23.4 Å². The number of ketones is 2. The first kappa shape index (κ1) is 23.5. The molecule has 4 atom stereocenters. The Morgan fingerprint density at radius 1 is 1.03 bits per heavy atom. The number of phenols is 1. The number of hydrogen-bond acceptors (Lipinski definition) is 7. The van der Waals surface area contributed by atoms with Crippen LogP contribution in [0, 0.1) is 17.8 Å². The summed E-state index contributed by atoms with van der Waals surface area (Å²) >= 11 is 3.20. The highest BCUT2D eigenvalue weighted by Crippen LogP contribution is 2.56. The lowest BCUT2D eigenvalue weighted by Crippen LogP contribution is -2.40. The van der Waals surface area contributed by atoms with E-state index in [1.165, 1.54) is 6.08 Å². The molecule has 1 aliphatic heterocycles. The van der Waals surface area contributed by atoms with E-state index in [0.29, 0.717) is 32.4 Å². The van der Waals surface area contributed by atoms with Gasteiger partial charge in [0.25, 0.3) is 0 Å². The number of halogens is 1. The molecule has 9 heteroatoms. The van der Waals surface area contributed by atoms with Gasteiger partial charge >= 0.3 is 6.09 Å². The number of aromatic hydroxyl groups is 1. The summed E-state index contributed by atoms with van der Waals surface area (Å²) in [6.07, 6.45) is 2.42. The Morgan fingerprint density at radius 3 is 2.49 bits per heavy atom. The molecule has 0 bridgehead atoms. The largest absolute Gasteiger partial charge is 0.507 e. The van der Waals surface area contributed by atoms with E-state index in [1.54, 1.807) is 24.3 Å². The molecule has 3 amide bonds. The molecule has 0 unspecified atom stereocenters. The van der Waals surface area contributed by atoms with E-state index in [-0.39, 0.29) is 34.6 Å². The third-order valence-electron chi connectivity index (χ3n) is 7.93. The molecule has 0 radical (unpaired) electrons. The molecule has 2 aromatic carbocycles. The first-order chi connectivity index (χ1) is 17.7. The van der Waals surface area contributed by atoms with E-state index < -0.39 is 41.6 Å². The van der Waals surface area contributed by atoms with Crippen molar-refractivity contribution < 1.29 is 33.8 Å². The fourth-order valence-corrected chi connectivity index (χ4v) is 6.84. The summed E-state index contributed by atoms with van der Waals surface area (Å²) in [5.41, 5.74) is 2.11. The van der Waals surface area contributed by atoms with Crippen LogP contribution in [0.2, 0.25) is 0 Å². The molecule has 1 N–H and O–H groups in total. The summed E-state index contributed by atoms with van der Waals surface area (Å²) < 4.78 is 4.82. The zero-order valence-electron chi connectivity index (χ0n) is 19.6. The van der Waals surface area contributed by atoms with Crippen LogP contribution < -0.4 is 0 Å². The molecular formula is C28H20BrNO7. The van der Waals surface area contributed by atoms with Crippen molar-refractivity contribution in [2.75, 3.05) is 7.11 Å². The van der Waals surface area contributed by atoms with Gasteiger partial charge in [-0.1, -0.05) is 42.0 Å². The average molecular weight is 562 g/mol. The van der Waals surface area contributed by atoms with Crippen LogP contribution >= 0.6 is 15.9 Å². The lowest BCUT2D eigenvalue weighted by molar-refractivity contribution is -0.137. The highest BCUT2D eigenvalue weighted by Gasteiger charge is 2.58. The number of imide groups is 3. The Labute approximate surface area is 219 Å². The van der Waals surface area contributed by atoms with Crippen molar-refractivity contribution in [3.8, 4) is 5.75 Å². The Morgan fingerprint density at radius 2 is 1.76 bits per heavy atom. The van der Waals surface area contributed by atoms with Gasteiger partial charge in [0.15, 0.2) is 11.6 Å². The van der Waals surface area contributed by atoms with E-state index in [9.17, 15) is 29.1 Å². The summed E-state index contributed by atoms with van der Waals surface area (Å²) in [5, 5.41) is 11.8. The van der Waals surface area contributed by atoms with Gasteiger partial charge in [-0.3, -0.25) is 19.2 Å². The normalized spacial score (nSPS) is 27.0. The van der Waals surface area contributed by atoms with Crippen molar-refractivity contribution in [3.63, 3.8) is 0 Å². The average Bonchev–Trinajstić information content (AvgIpc) is 3.16. The molecule has 3 aliphatic carbocycles. The van der Waals surface area contributed by atoms with Gasteiger partial charge in [-0.15, -0.1) is 0 Å². The van der Waals surface area contributed by atoms with Crippen LogP contribution in [-0.2, 0) is 23.9 Å². The van der Waals surface area contributed by atoms with Crippen LogP contribution in [0.25, 0.3) is 10.8 Å². The number of amides is 3. The first-order valence-corrected chi connectivity index (χ1v) is 12.6. The molecule has 1 saturated heterocycles. The molecule has 0 spiro atoms. The number of rotatable bonds is 1. The van der Waals surface area contributed by atoms with E-state index in [2.05, 4.69) is 20.7 Å². The maximum absolute atomic E-state index is 13.4. The fourth-order valence-electron chi connectivity index (χ4n) is 6.39. The lowest BCUT2D eigenvalue weighted by Gasteiger charge is -2.42. The second-order valence-corrected chi connectivity index (χ2v) is 10.4. The quantitative estimate of drug-likeness (QED) is 0.316. The Bertz CT molecular complexity index is 1570. The molecule has 186 valence electrons. The van der Waals surface area contributed by atoms with Crippen molar-refractivity contribution >= 4 is 56.2 Å². The molecule has 37 heavy (non-hydrogen) atoms. The van der Waals surface area contributed by atoms with Crippen molar-refractivity contribution in [1.29, 1.82) is 0 Å². The lowest BCUT2D eigenvalue weighted by atomic mass is 9.59. The van der Waals surface area contributed by atoms with Crippen molar-refractivity contribution in [2.24, 2.45) is 17.8 Å². The third-order valence-corrected chi connectivity index (χ3v) is 8.52. The number of likely N-dealkylation sites (tertiary alicyclic amines) is 1.